The molecule has 1 fully saturated rings. The van der Waals surface area contributed by atoms with E-state index in [2.05, 4.69) is 0 Å². The van der Waals surface area contributed by atoms with Crippen molar-refractivity contribution >= 4 is 11.8 Å². The van der Waals surface area contributed by atoms with Crippen LogP contribution in [0.25, 0.3) is 0 Å². The van der Waals surface area contributed by atoms with Crippen LogP contribution in [0.5, 0.6) is 5.75 Å². The fourth-order valence-corrected chi connectivity index (χ4v) is 3.10. The first-order valence-electron chi connectivity index (χ1n) is 7.45. The second-order valence-corrected chi connectivity index (χ2v) is 5.69. The maximum absolute atomic E-state index is 13.0. The number of carbonyl (C=O) groups excluding carboxylic acids is 2. The Labute approximate surface area is 135 Å². The molecule has 0 spiro atoms. The molecular formula is C19H18O4. The van der Waals surface area contributed by atoms with Gasteiger partial charge in [-0.15, -0.1) is 0 Å². The van der Waals surface area contributed by atoms with E-state index in [0.717, 1.165) is 5.56 Å². The highest BCUT2D eigenvalue weighted by Crippen LogP contribution is 2.61. The van der Waals surface area contributed by atoms with E-state index in [1.54, 1.807) is 31.4 Å². The van der Waals surface area contributed by atoms with Crippen LogP contribution in [0, 0.1) is 5.41 Å². The monoisotopic (exact) mass is 310 g/mol. The third kappa shape index (κ3) is 2.50. The van der Waals surface area contributed by atoms with E-state index >= 15 is 0 Å². The zero-order chi connectivity index (χ0) is 16.4. The van der Waals surface area contributed by atoms with Gasteiger partial charge in [0.2, 0.25) is 0 Å². The Kier molecular flexibility index (Phi) is 3.90. The van der Waals surface area contributed by atoms with Gasteiger partial charge in [0.1, 0.15) is 11.2 Å². The zero-order valence-electron chi connectivity index (χ0n) is 13.1. The lowest BCUT2D eigenvalue weighted by Gasteiger charge is -2.14. The lowest BCUT2D eigenvalue weighted by molar-refractivity contribution is -0.145. The molecule has 0 radical (unpaired) electrons. The SMILES string of the molecule is COC(=O)[C@]1(C(=O)c2ccc(OC)cc2)C[C@@H]1c1ccccc1. The largest absolute Gasteiger partial charge is 0.497 e. The van der Waals surface area contributed by atoms with E-state index in [4.69, 9.17) is 9.47 Å². The number of carbonyl (C=O) groups is 2. The molecule has 4 heteroatoms. The van der Waals surface area contributed by atoms with Crippen molar-refractivity contribution in [2.45, 2.75) is 12.3 Å². The first kappa shape index (κ1) is 15.3. The molecule has 0 N–H and O–H groups in total. The fraction of sp³-hybridized carbons (Fsp3) is 0.263. The molecule has 4 nitrogen and oxygen atoms in total. The first-order chi connectivity index (χ1) is 11.1. The number of ketones is 1. The van der Waals surface area contributed by atoms with Crippen molar-refractivity contribution in [1.29, 1.82) is 0 Å². The molecule has 2 aromatic rings. The van der Waals surface area contributed by atoms with Gasteiger partial charge < -0.3 is 9.47 Å². The van der Waals surface area contributed by atoms with E-state index in [9.17, 15) is 9.59 Å². The fourth-order valence-electron chi connectivity index (χ4n) is 3.10. The minimum absolute atomic E-state index is 0.134. The molecular weight excluding hydrogens is 292 g/mol. The molecule has 118 valence electrons. The van der Waals surface area contributed by atoms with Gasteiger partial charge >= 0.3 is 5.97 Å². The molecule has 1 aliphatic rings. The molecule has 0 aromatic heterocycles. The van der Waals surface area contributed by atoms with Gasteiger partial charge in [-0.2, -0.15) is 0 Å². The van der Waals surface area contributed by atoms with Crippen molar-refractivity contribution < 1.29 is 19.1 Å². The third-order valence-electron chi connectivity index (χ3n) is 4.47. The number of hydrogen-bond donors (Lipinski definition) is 0. The summed E-state index contributed by atoms with van der Waals surface area (Å²) in [6.07, 6.45) is 0.481. The second kappa shape index (κ2) is 5.88. The van der Waals surface area contributed by atoms with Gasteiger partial charge in [-0.3, -0.25) is 9.59 Å². The quantitative estimate of drug-likeness (QED) is 0.483. The van der Waals surface area contributed by atoms with Crippen molar-refractivity contribution in [2.24, 2.45) is 5.41 Å². The predicted molar refractivity (Wildman–Crippen MR) is 85.6 cm³/mol. The van der Waals surface area contributed by atoms with Gasteiger partial charge in [-0.25, -0.2) is 0 Å². The lowest BCUT2D eigenvalue weighted by Crippen LogP contribution is -2.29. The van der Waals surface area contributed by atoms with Crippen LogP contribution in [0.4, 0.5) is 0 Å². The smallest absolute Gasteiger partial charge is 0.320 e. The van der Waals surface area contributed by atoms with E-state index in [1.165, 1.54) is 7.11 Å². The van der Waals surface area contributed by atoms with Crippen LogP contribution in [0.1, 0.15) is 28.3 Å². The zero-order valence-corrected chi connectivity index (χ0v) is 13.1. The summed E-state index contributed by atoms with van der Waals surface area (Å²) in [4.78, 5) is 25.3. The Balaban J connectivity index is 1.94. The van der Waals surface area contributed by atoms with Crippen LogP contribution in [-0.2, 0) is 9.53 Å². The van der Waals surface area contributed by atoms with Gasteiger partial charge in [0.05, 0.1) is 14.2 Å². The number of ether oxygens (including phenoxy) is 2. The highest BCUT2D eigenvalue weighted by molar-refractivity contribution is 6.16. The number of benzene rings is 2. The highest BCUT2D eigenvalue weighted by Gasteiger charge is 2.66. The Morgan fingerprint density at radius 1 is 1.00 bits per heavy atom. The molecule has 23 heavy (non-hydrogen) atoms. The molecule has 2 aromatic carbocycles. The minimum Gasteiger partial charge on any atom is -0.497 e. The molecule has 0 unspecified atom stereocenters. The van der Waals surface area contributed by atoms with E-state index in [-0.39, 0.29) is 11.7 Å². The summed E-state index contributed by atoms with van der Waals surface area (Å²) in [5.41, 5.74) is 0.374. The molecule has 1 saturated carbocycles. The summed E-state index contributed by atoms with van der Waals surface area (Å²) in [6.45, 7) is 0. The average molecular weight is 310 g/mol. The Bertz CT molecular complexity index is 721. The average Bonchev–Trinajstić information content (AvgIpc) is 3.38. The number of methoxy groups -OCH3 is 2. The van der Waals surface area contributed by atoms with E-state index in [1.807, 2.05) is 30.3 Å². The summed E-state index contributed by atoms with van der Waals surface area (Å²) in [7, 11) is 2.89. The maximum atomic E-state index is 13.0. The standard InChI is InChI=1S/C19H18O4/c1-22-15-10-8-14(9-11-15)17(20)19(18(21)23-2)12-16(19)13-6-4-3-5-7-13/h3-11,16H,12H2,1-2H3/t16-,19-/m1/s1. The molecule has 0 aliphatic heterocycles. The lowest BCUT2D eigenvalue weighted by atomic mass is 9.90. The predicted octanol–water partition coefficient (Wildman–Crippen LogP) is 3.22. The highest BCUT2D eigenvalue weighted by atomic mass is 16.5. The Hall–Kier alpha value is -2.62. The topological polar surface area (TPSA) is 52.6 Å². The number of esters is 1. The molecule has 0 amide bonds. The summed E-state index contributed by atoms with van der Waals surface area (Å²) >= 11 is 0. The van der Waals surface area contributed by atoms with Crippen molar-refractivity contribution in [3.63, 3.8) is 0 Å². The maximum Gasteiger partial charge on any atom is 0.320 e. The van der Waals surface area contributed by atoms with Crippen LogP contribution >= 0.6 is 0 Å². The third-order valence-corrected chi connectivity index (χ3v) is 4.47. The van der Waals surface area contributed by atoms with Gasteiger partial charge in [0, 0.05) is 11.5 Å². The molecule has 0 heterocycles. The molecule has 2 atom stereocenters. The molecule has 0 bridgehead atoms. The van der Waals surface area contributed by atoms with Gasteiger partial charge in [0.25, 0.3) is 0 Å². The number of Topliss-reactive ketones (excluding diaryl/α,β-unsaturated/α-hetero) is 1. The van der Waals surface area contributed by atoms with Crippen LogP contribution in [0.15, 0.2) is 54.6 Å². The van der Waals surface area contributed by atoms with Crippen LogP contribution in [0.2, 0.25) is 0 Å². The van der Waals surface area contributed by atoms with Gasteiger partial charge in [-0.1, -0.05) is 30.3 Å². The van der Waals surface area contributed by atoms with Crippen molar-refractivity contribution in [1.82, 2.24) is 0 Å². The van der Waals surface area contributed by atoms with Crippen LogP contribution in [-0.4, -0.2) is 26.0 Å². The number of rotatable bonds is 5. The molecule has 1 aliphatic carbocycles. The number of hydrogen-bond acceptors (Lipinski definition) is 4. The van der Waals surface area contributed by atoms with E-state index in [0.29, 0.717) is 17.7 Å². The molecule has 0 saturated heterocycles. The van der Waals surface area contributed by atoms with Crippen molar-refractivity contribution in [2.75, 3.05) is 14.2 Å². The minimum atomic E-state index is -1.11. The summed E-state index contributed by atoms with van der Waals surface area (Å²) in [5, 5.41) is 0. The normalized spacial score (nSPS) is 22.3. The summed E-state index contributed by atoms with van der Waals surface area (Å²) < 4.78 is 10.0. The van der Waals surface area contributed by atoms with Crippen molar-refractivity contribution in [3.8, 4) is 5.75 Å². The Morgan fingerprint density at radius 3 is 2.22 bits per heavy atom. The second-order valence-electron chi connectivity index (χ2n) is 5.69. The van der Waals surface area contributed by atoms with Gasteiger partial charge in [0.15, 0.2) is 5.78 Å². The van der Waals surface area contributed by atoms with Crippen LogP contribution < -0.4 is 4.74 Å². The Morgan fingerprint density at radius 2 is 1.65 bits per heavy atom. The summed E-state index contributed by atoms with van der Waals surface area (Å²) in [5.74, 6) is -0.122. The first-order valence-corrected chi connectivity index (χ1v) is 7.45. The van der Waals surface area contributed by atoms with Crippen molar-refractivity contribution in [3.05, 3.63) is 65.7 Å². The van der Waals surface area contributed by atoms with Crippen LogP contribution in [0.3, 0.4) is 0 Å². The summed E-state index contributed by atoms with van der Waals surface area (Å²) in [6, 6.07) is 16.4. The van der Waals surface area contributed by atoms with E-state index < -0.39 is 11.4 Å². The molecule has 3 rings (SSSR count). The van der Waals surface area contributed by atoms with Gasteiger partial charge in [-0.05, 0) is 36.2 Å².